The van der Waals surface area contributed by atoms with Gasteiger partial charge >= 0.3 is 5.97 Å². The van der Waals surface area contributed by atoms with Gasteiger partial charge in [-0.1, -0.05) is 24.3 Å². The number of rotatable bonds is 7. The first-order valence-corrected chi connectivity index (χ1v) is 12.5. The van der Waals surface area contributed by atoms with Crippen molar-refractivity contribution in [2.45, 2.75) is 31.8 Å². The van der Waals surface area contributed by atoms with Gasteiger partial charge in [-0.3, -0.25) is 9.59 Å². The summed E-state index contributed by atoms with van der Waals surface area (Å²) in [7, 11) is 6.70. The van der Waals surface area contributed by atoms with E-state index in [1.807, 2.05) is 24.3 Å². The second-order valence-corrected chi connectivity index (χ2v) is 11.7. The first kappa shape index (κ1) is 22.8. The van der Waals surface area contributed by atoms with Crippen molar-refractivity contribution in [3.8, 4) is 0 Å². The molecule has 7 nitrogen and oxygen atoms in total. The zero-order chi connectivity index (χ0) is 24.1. The minimum Gasteiger partial charge on any atom is -0.481 e. The van der Waals surface area contributed by atoms with E-state index in [1.165, 1.54) is 5.69 Å². The number of carbonyl (C=O) groups excluding carboxylic acids is 1. The maximum absolute atomic E-state index is 13.3. The molecule has 1 aromatic heterocycles. The third-order valence-electron chi connectivity index (χ3n) is 7.29. The summed E-state index contributed by atoms with van der Waals surface area (Å²) < 4.78 is 2.05. The summed E-state index contributed by atoms with van der Waals surface area (Å²) in [5, 5.41) is 13.3. The molecule has 8 heteroatoms. The van der Waals surface area contributed by atoms with Crippen LogP contribution in [0.25, 0.3) is 10.2 Å². The van der Waals surface area contributed by atoms with Crippen molar-refractivity contribution < 1.29 is 19.2 Å². The number of aliphatic carboxylic acids is 1. The molecular weight excluding hydrogens is 448 g/mol. The molecule has 2 N–H and O–H groups in total. The van der Waals surface area contributed by atoms with Crippen LogP contribution in [0.4, 0.5) is 5.69 Å². The number of likely N-dealkylation sites (N-methyl/N-ethyl adjacent to an activating group) is 1. The van der Waals surface area contributed by atoms with E-state index in [0.717, 1.165) is 43.9 Å². The number of fused-ring (bicyclic) bond motifs is 2. The minimum absolute atomic E-state index is 0.180. The van der Waals surface area contributed by atoms with Gasteiger partial charge in [-0.15, -0.1) is 11.3 Å². The number of hydrogen-bond acceptors (Lipinski definition) is 5. The molecule has 0 bridgehead atoms. The Morgan fingerprint density at radius 3 is 2.44 bits per heavy atom. The smallest absolute Gasteiger partial charge is 0.304 e. The second-order valence-electron chi connectivity index (χ2n) is 10.6. The highest BCUT2D eigenvalue weighted by atomic mass is 32.1. The number of carboxylic acid groups (broad SMARTS) is 1. The topological polar surface area (TPSA) is 82.5 Å². The molecule has 1 saturated heterocycles. The van der Waals surface area contributed by atoms with Gasteiger partial charge in [0.15, 0.2) is 0 Å². The summed E-state index contributed by atoms with van der Waals surface area (Å²) in [5.41, 5.74) is 3.30. The van der Waals surface area contributed by atoms with Crippen LogP contribution in [0.5, 0.6) is 0 Å². The van der Waals surface area contributed by atoms with E-state index >= 15 is 0 Å². The molecule has 1 fully saturated rings. The van der Waals surface area contributed by atoms with E-state index < -0.39 is 11.4 Å². The fourth-order valence-corrected chi connectivity index (χ4v) is 5.97. The van der Waals surface area contributed by atoms with E-state index in [9.17, 15) is 14.7 Å². The van der Waals surface area contributed by atoms with Gasteiger partial charge in [0.2, 0.25) is 5.91 Å². The van der Waals surface area contributed by atoms with Gasteiger partial charge < -0.3 is 19.8 Å². The number of thiazole rings is 1. The van der Waals surface area contributed by atoms with Crippen molar-refractivity contribution in [1.29, 1.82) is 0 Å². The fraction of sp³-hybridized carbons (Fsp3) is 0.423. The van der Waals surface area contributed by atoms with E-state index in [1.54, 1.807) is 11.3 Å². The number of carbonyl (C=O) groups is 2. The summed E-state index contributed by atoms with van der Waals surface area (Å²) in [6.07, 6.45) is 0.726. The lowest BCUT2D eigenvalue weighted by molar-refractivity contribution is -0.896. The molecule has 0 radical (unpaired) electrons. The highest BCUT2D eigenvalue weighted by molar-refractivity contribution is 7.18. The Labute approximate surface area is 203 Å². The van der Waals surface area contributed by atoms with Gasteiger partial charge in [-0.25, -0.2) is 4.98 Å². The monoisotopic (exact) mass is 479 g/mol. The van der Waals surface area contributed by atoms with Crippen molar-refractivity contribution in [2.75, 3.05) is 39.1 Å². The molecule has 0 saturated carbocycles. The molecular formula is C26H31N4O3S+. The summed E-state index contributed by atoms with van der Waals surface area (Å²) in [6, 6.07) is 14.9. The number of carboxylic acids is 1. The summed E-state index contributed by atoms with van der Waals surface area (Å²) in [6.45, 7) is 2.38. The predicted molar refractivity (Wildman–Crippen MR) is 134 cm³/mol. The molecule has 2 aliphatic rings. The first-order valence-electron chi connectivity index (χ1n) is 11.7. The first-order chi connectivity index (χ1) is 16.1. The Kier molecular flexibility index (Phi) is 5.61. The van der Waals surface area contributed by atoms with Crippen molar-refractivity contribution in [3.63, 3.8) is 0 Å². The van der Waals surface area contributed by atoms with E-state index in [2.05, 4.69) is 49.6 Å². The fourth-order valence-electron chi connectivity index (χ4n) is 5.08. The number of benzene rings is 2. The third kappa shape index (κ3) is 4.28. The molecule has 0 atom stereocenters. The van der Waals surface area contributed by atoms with E-state index in [4.69, 9.17) is 4.98 Å². The molecule has 3 aromatic rings. The van der Waals surface area contributed by atoms with Crippen LogP contribution in [0.3, 0.4) is 0 Å². The van der Waals surface area contributed by atoms with Crippen molar-refractivity contribution in [1.82, 2.24) is 10.3 Å². The van der Waals surface area contributed by atoms with Crippen LogP contribution < -0.4 is 10.2 Å². The second kappa shape index (κ2) is 8.36. The Bertz CT molecular complexity index is 1230. The van der Waals surface area contributed by atoms with Crippen molar-refractivity contribution in [3.05, 3.63) is 58.6 Å². The molecule has 178 valence electrons. The number of anilines is 1. The van der Waals surface area contributed by atoms with Crippen molar-refractivity contribution >= 4 is 39.1 Å². The summed E-state index contributed by atoms with van der Waals surface area (Å²) >= 11 is 1.57. The van der Waals surface area contributed by atoms with E-state index in [-0.39, 0.29) is 12.3 Å². The number of nitrogens with zero attached hydrogens (tertiary/aromatic N) is 3. The quantitative estimate of drug-likeness (QED) is 0.509. The van der Waals surface area contributed by atoms with Gasteiger partial charge in [0.25, 0.3) is 0 Å². The van der Waals surface area contributed by atoms with Crippen molar-refractivity contribution in [2.24, 2.45) is 5.41 Å². The number of quaternary nitrogens is 1. The van der Waals surface area contributed by atoms with Crippen LogP contribution in [0.1, 0.15) is 22.6 Å². The lowest BCUT2D eigenvalue weighted by Gasteiger charge is -2.47. The van der Waals surface area contributed by atoms with Crippen LogP contribution in [-0.2, 0) is 29.0 Å². The minimum atomic E-state index is -0.950. The molecule has 0 spiro atoms. The Morgan fingerprint density at radius 1 is 1.15 bits per heavy atom. The predicted octanol–water partition coefficient (Wildman–Crippen LogP) is 3.07. The maximum atomic E-state index is 13.3. The SMILES string of the molecule is C[N+](C)(C)C1CN(c2ccc3sc(CNC(=O)C4(CC(=O)O)Cc5ccccc5C4)nc3c2)C1. The molecule has 2 aromatic carbocycles. The van der Waals surface area contributed by atoms with Crippen LogP contribution in [0.15, 0.2) is 42.5 Å². The van der Waals surface area contributed by atoms with E-state index in [0.29, 0.717) is 25.4 Å². The zero-order valence-electron chi connectivity index (χ0n) is 19.9. The average molecular weight is 480 g/mol. The Hall–Kier alpha value is -2.97. The zero-order valence-corrected chi connectivity index (χ0v) is 20.7. The lowest BCUT2D eigenvalue weighted by Crippen LogP contribution is -2.64. The van der Waals surface area contributed by atoms with Gasteiger partial charge in [-0.2, -0.15) is 0 Å². The Morgan fingerprint density at radius 2 is 1.82 bits per heavy atom. The molecule has 2 heterocycles. The Balaban J connectivity index is 1.27. The summed E-state index contributed by atoms with van der Waals surface area (Å²) in [5.74, 6) is -1.16. The molecule has 34 heavy (non-hydrogen) atoms. The van der Waals surface area contributed by atoms with Crippen LogP contribution in [-0.4, -0.2) is 66.7 Å². The molecule has 1 amide bonds. The maximum Gasteiger partial charge on any atom is 0.304 e. The third-order valence-corrected chi connectivity index (χ3v) is 8.32. The van der Waals surface area contributed by atoms with Crippen LogP contribution in [0, 0.1) is 5.41 Å². The molecule has 1 aliphatic carbocycles. The number of aromatic nitrogens is 1. The molecule has 1 aliphatic heterocycles. The average Bonchev–Trinajstić information content (AvgIpc) is 3.30. The highest BCUT2D eigenvalue weighted by Crippen LogP contribution is 2.40. The van der Waals surface area contributed by atoms with Gasteiger partial charge in [0.05, 0.1) is 62.8 Å². The van der Waals surface area contributed by atoms with Gasteiger partial charge in [0.1, 0.15) is 11.0 Å². The standard InChI is InChI=1S/C26H30N4O3S/c1-30(2,3)20-15-29(16-20)19-8-9-22-21(10-19)28-23(34-22)14-27-25(33)26(13-24(31)32)11-17-6-4-5-7-18(17)12-26/h4-10,20H,11-16H2,1-3H3,(H-,27,31,32,33)/p+1. The molecule has 5 rings (SSSR count). The lowest BCUT2D eigenvalue weighted by atomic mass is 9.80. The number of nitrogens with one attached hydrogen (secondary N) is 1. The van der Waals surface area contributed by atoms with Gasteiger partial charge in [-0.05, 0) is 42.2 Å². The molecule has 0 unspecified atom stereocenters. The van der Waals surface area contributed by atoms with Gasteiger partial charge in [0, 0.05) is 5.69 Å². The number of hydrogen-bond donors (Lipinski definition) is 2. The van der Waals surface area contributed by atoms with Crippen LogP contribution >= 0.6 is 11.3 Å². The van der Waals surface area contributed by atoms with Crippen LogP contribution in [0.2, 0.25) is 0 Å². The largest absolute Gasteiger partial charge is 0.481 e. The normalized spacial score (nSPS) is 17.4. The number of amides is 1. The highest BCUT2D eigenvalue weighted by Gasteiger charge is 2.45. The summed E-state index contributed by atoms with van der Waals surface area (Å²) in [4.78, 5) is 32.0.